The fourth-order valence-corrected chi connectivity index (χ4v) is 3.95. The summed E-state index contributed by atoms with van der Waals surface area (Å²) in [6, 6.07) is 1.77. The number of hydrogen-bond donors (Lipinski definition) is 1. The van der Waals surface area contributed by atoms with E-state index in [0.29, 0.717) is 11.1 Å². The van der Waals surface area contributed by atoms with Crippen LogP contribution in [0.15, 0.2) is 22.6 Å². The number of esters is 1. The maximum Gasteiger partial charge on any atom is 0.335 e. The fourth-order valence-electron chi connectivity index (χ4n) is 3.29. The molecule has 0 aromatic heterocycles. The molecule has 0 spiro atoms. The fraction of sp³-hybridized carbons (Fsp3) is 0.400. The lowest BCUT2D eigenvalue weighted by molar-refractivity contribution is -0.136. The quantitative estimate of drug-likeness (QED) is 0.852. The van der Waals surface area contributed by atoms with E-state index in [2.05, 4.69) is 0 Å². The summed E-state index contributed by atoms with van der Waals surface area (Å²) in [5.74, 6) is -3.01. The van der Waals surface area contributed by atoms with Crippen molar-refractivity contribution < 1.29 is 26.7 Å². The first kappa shape index (κ1) is 16.1. The number of sulfonamides is 1. The van der Waals surface area contributed by atoms with E-state index >= 15 is 0 Å². The molecule has 2 N–H and O–H groups in total. The van der Waals surface area contributed by atoms with Crippen LogP contribution in [0, 0.1) is 17.6 Å². The van der Waals surface area contributed by atoms with E-state index in [9.17, 15) is 22.0 Å². The highest BCUT2D eigenvalue weighted by molar-refractivity contribution is 7.89. The molecule has 0 unspecified atom stereocenters. The molecule has 0 radical (unpaired) electrons. The second kappa shape index (κ2) is 5.68. The summed E-state index contributed by atoms with van der Waals surface area (Å²) in [4.78, 5) is 10.8. The van der Waals surface area contributed by atoms with Gasteiger partial charge in [0.15, 0.2) is 4.90 Å². The Kier molecular flexibility index (Phi) is 3.97. The number of hydrogen-bond acceptors (Lipinski definition) is 4. The van der Waals surface area contributed by atoms with Gasteiger partial charge >= 0.3 is 5.97 Å². The molecule has 0 amide bonds. The Morgan fingerprint density at radius 1 is 1.13 bits per heavy atom. The van der Waals surface area contributed by atoms with Gasteiger partial charge < -0.3 is 4.74 Å². The Morgan fingerprint density at radius 2 is 1.70 bits per heavy atom. The Labute approximate surface area is 132 Å². The first-order valence-electron chi connectivity index (χ1n) is 7.21. The molecule has 3 rings (SSSR count). The van der Waals surface area contributed by atoms with Crippen molar-refractivity contribution in [1.29, 1.82) is 0 Å². The summed E-state index contributed by atoms with van der Waals surface area (Å²) in [6.07, 6.45) is 3.63. The Balaban J connectivity index is 2.12. The van der Waals surface area contributed by atoms with Gasteiger partial charge in [-0.15, -0.1) is 0 Å². The minimum atomic E-state index is -4.51. The molecule has 1 aliphatic carbocycles. The number of rotatable bonds is 3. The molecule has 1 aromatic carbocycles. The molecule has 8 heteroatoms. The molecule has 1 saturated carbocycles. The van der Waals surface area contributed by atoms with E-state index < -0.39 is 32.5 Å². The van der Waals surface area contributed by atoms with E-state index in [1.807, 2.05) is 0 Å². The molecular weight excluding hydrogens is 328 g/mol. The first-order chi connectivity index (χ1) is 10.8. The van der Waals surface area contributed by atoms with Gasteiger partial charge in [0.1, 0.15) is 18.2 Å². The van der Waals surface area contributed by atoms with Crippen LogP contribution in [0.4, 0.5) is 8.78 Å². The second-order valence-corrected chi connectivity index (χ2v) is 7.26. The van der Waals surface area contributed by atoms with Crippen LogP contribution in [0.5, 0.6) is 0 Å². The molecule has 2 aliphatic rings. The summed E-state index contributed by atoms with van der Waals surface area (Å²) >= 11 is 0. The number of carbonyl (C=O) groups is 1. The van der Waals surface area contributed by atoms with Crippen molar-refractivity contribution in [2.75, 3.05) is 6.61 Å². The highest BCUT2D eigenvalue weighted by atomic mass is 32.2. The monoisotopic (exact) mass is 343 g/mol. The normalized spacial score (nSPS) is 19.5. The number of halogens is 2. The first-order valence-corrected chi connectivity index (χ1v) is 8.76. The third-order valence-electron chi connectivity index (χ3n) is 4.29. The smallest absolute Gasteiger partial charge is 0.335 e. The molecule has 0 saturated heterocycles. The maximum atomic E-state index is 14.0. The number of primary sulfonamides is 1. The number of ether oxygens (including phenoxy) is 1. The molecule has 124 valence electrons. The molecule has 1 fully saturated rings. The van der Waals surface area contributed by atoms with Crippen molar-refractivity contribution in [2.45, 2.75) is 30.6 Å². The van der Waals surface area contributed by atoms with Gasteiger partial charge in [-0.3, -0.25) is 0 Å². The minimum absolute atomic E-state index is 0.0176. The van der Waals surface area contributed by atoms with Crippen LogP contribution in [-0.4, -0.2) is 21.0 Å². The van der Waals surface area contributed by atoms with E-state index in [-0.39, 0.29) is 18.1 Å². The number of benzene rings is 1. The van der Waals surface area contributed by atoms with E-state index in [1.165, 1.54) is 0 Å². The highest BCUT2D eigenvalue weighted by Crippen LogP contribution is 2.39. The predicted octanol–water partition coefficient (Wildman–Crippen LogP) is 2.11. The summed E-state index contributed by atoms with van der Waals surface area (Å²) in [5.41, 5.74) is 0.977. The molecule has 23 heavy (non-hydrogen) atoms. The lowest BCUT2D eigenvalue weighted by atomic mass is 9.91. The lowest BCUT2D eigenvalue weighted by Gasteiger charge is -2.11. The number of carbonyl (C=O) groups excluding carboxylic acids is 1. The van der Waals surface area contributed by atoms with Crippen molar-refractivity contribution in [3.05, 3.63) is 34.9 Å². The summed E-state index contributed by atoms with van der Waals surface area (Å²) in [5, 5.41) is 4.81. The van der Waals surface area contributed by atoms with Gasteiger partial charge in [-0.1, -0.05) is 12.8 Å². The van der Waals surface area contributed by atoms with Crippen molar-refractivity contribution >= 4 is 21.6 Å². The Bertz CT molecular complexity index is 788. The van der Waals surface area contributed by atoms with E-state index in [1.54, 1.807) is 0 Å². The molecule has 5 nitrogen and oxygen atoms in total. The van der Waals surface area contributed by atoms with Crippen LogP contribution < -0.4 is 5.14 Å². The summed E-state index contributed by atoms with van der Waals surface area (Å²) < 4.78 is 55.5. The molecule has 1 aromatic rings. The largest absolute Gasteiger partial charge is 0.457 e. The number of nitrogens with two attached hydrogens (primary N) is 1. The van der Waals surface area contributed by atoms with Gasteiger partial charge in [0.05, 0.1) is 0 Å². The topological polar surface area (TPSA) is 86.5 Å². The summed E-state index contributed by atoms with van der Waals surface area (Å²) in [6.45, 7) is -0.0712. The second-order valence-electron chi connectivity index (χ2n) is 5.76. The third kappa shape index (κ3) is 2.88. The van der Waals surface area contributed by atoms with Crippen LogP contribution in [-0.2, 0) is 19.6 Å². The minimum Gasteiger partial charge on any atom is -0.457 e. The molecule has 1 heterocycles. The zero-order chi connectivity index (χ0) is 16.8. The van der Waals surface area contributed by atoms with Crippen LogP contribution in [0.2, 0.25) is 0 Å². The van der Waals surface area contributed by atoms with Crippen LogP contribution in [0.3, 0.4) is 0 Å². The van der Waals surface area contributed by atoms with Crippen LogP contribution >= 0.6 is 0 Å². The predicted molar refractivity (Wildman–Crippen MR) is 77.6 cm³/mol. The van der Waals surface area contributed by atoms with Gasteiger partial charge in [-0.2, -0.15) is 0 Å². The van der Waals surface area contributed by atoms with Crippen molar-refractivity contribution in [1.82, 2.24) is 0 Å². The van der Waals surface area contributed by atoms with E-state index in [0.717, 1.165) is 37.8 Å². The van der Waals surface area contributed by atoms with Crippen LogP contribution in [0.25, 0.3) is 5.57 Å². The maximum absolute atomic E-state index is 14.0. The molecule has 0 atom stereocenters. The standard InChI is InChI=1S/C15H15F2NO4S/c16-11-5-9(6-12(17)14(11)23(18,20)21)10-7-22-15(19)13(10)8-3-1-2-4-8/h5-6,8H,1-4,7H2,(H2,18,20,21). The van der Waals surface area contributed by atoms with Gasteiger partial charge in [-0.25, -0.2) is 27.1 Å². The van der Waals surface area contributed by atoms with Crippen molar-refractivity contribution in [2.24, 2.45) is 11.1 Å². The van der Waals surface area contributed by atoms with Gasteiger partial charge in [0.2, 0.25) is 10.0 Å². The van der Waals surface area contributed by atoms with Crippen molar-refractivity contribution in [3.8, 4) is 0 Å². The van der Waals surface area contributed by atoms with Crippen molar-refractivity contribution in [3.63, 3.8) is 0 Å². The van der Waals surface area contributed by atoms with Gasteiger partial charge in [0.25, 0.3) is 0 Å². The van der Waals surface area contributed by atoms with E-state index in [4.69, 9.17) is 9.88 Å². The molecule has 0 bridgehead atoms. The third-order valence-corrected chi connectivity index (χ3v) is 5.25. The zero-order valence-electron chi connectivity index (χ0n) is 12.1. The van der Waals surface area contributed by atoms with Crippen LogP contribution in [0.1, 0.15) is 31.2 Å². The highest BCUT2D eigenvalue weighted by Gasteiger charge is 2.34. The molecular formula is C15H15F2NO4S. The SMILES string of the molecule is NS(=O)(=O)c1c(F)cc(C2=C(C3CCCC3)C(=O)OC2)cc1F. The summed E-state index contributed by atoms with van der Waals surface area (Å²) in [7, 11) is -4.51. The Morgan fingerprint density at radius 3 is 2.22 bits per heavy atom. The average molecular weight is 343 g/mol. The average Bonchev–Trinajstić information content (AvgIpc) is 3.04. The molecule has 1 aliphatic heterocycles. The zero-order valence-corrected chi connectivity index (χ0v) is 13.0. The lowest BCUT2D eigenvalue weighted by Crippen LogP contribution is -2.16. The van der Waals surface area contributed by atoms with Gasteiger partial charge in [-0.05, 0) is 36.5 Å². The number of cyclic esters (lactones) is 1. The van der Waals surface area contributed by atoms with Gasteiger partial charge in [0, 0.05) is 11.1 Å². The Hall–Kier alpha value is -1.80.